The highest BCUT2D eigenvalue weighted by molar-refractivity contribution is 8.14. The zero-order chi connectivity index (χ0) is 8.10. The van der Waals surface area contributed by atoms with Gasteiger partial charge in [-0.05, 0) is 13.3 Å². The van der Waals surface area contributed by atoms with E-state index in [1.165, 1.54) is 0 Å². The van der Waals surface area contributed by atoms with Gasteiger partial charge in [0.2, 0.25) is 0 Å². The summed E-state index contributed by atoms with van der Waals surface area (Å²) < 4.78 is 0. The van der Waals surface area contributed by atoms with Gasteiger partial charge in [-0.1, -0.05) is 17.8 Å². The van der Waals surface area contributed by atoms with Crippen LogP contribution in [0.3, 0.4) is 0 Å². The fourth-order valence-electron chi connectivity index (χ4n) is 0.814. The Hall–Kier alpha value is -0.440. The molecule has 1 N–H and O–H groups in total. The van der Waals surface area contributed by atoms with Gasteiger partial charge in [0.1, 0.15) is 0 Å². The molecule has 0 aliphatic carbocycles. The molecule has 0 amide bonds. The molecule has 1 atom stereocenters. The lowest BCUT2D eigenvalue weighted by Crippen LogP contribution is -2.27. The van der Waals surface area contributed by atoms with Gasteiger partial charge in [0.15, 0.2) is 5.17 Å². The maximum atomic E-state index is 4.34. The molecular weight excluding hydrogens is 156 g/mol. The third-order valence-corrected chi connectivity index (χ3v) is 2.56. The molecule has 0 radical (unpaired) electrons. The molecule has 1 heterocycles. The molecule has 0 spiro atoms. The van der Waals surface area contributed by atoms with Crippen LogP contribution in [0.1, 0.15) is 13.3 Å². The minimum absolute atomic E-state index is 0.458. The van der Waals surface area contributed by atoms with Crippen molar-refractivity contribution in [2.75, 3.05) is 13.1 Å². The van der Waals surface area contributed by atoms with E-state index in [0.717, 1.165) is 24.7 Å². The average molecular weight is 170 g/mol. The van der Waals surface area contributed by atoms with Crippen molar-refractivity contribution in [1.29, 1.82) is 0 Å². The number of aliphatic imine (C=N–C) groups is 1. The van der Waals surface area contributed by atoms with E-state index >= 15 is 0 Å². The first-order valence-electron chi connectivity index (χ1n) is 3.90. The van der Waals surface area contributed by atoms with E-state index in [1.54, 1.807) is 11.8 Å². The summed E-state index contributed by atoms with van der Waals surface area (Å²) in [5.74, 6) is 0. The average Bonchev–Trinajstić information content (AvgIpc) is 2.06. The standard InChI is InChI=1S/C8H14N2S/c1-3-7(2)11-8-9-5-4-6-10-8/h3,7H,1,4-6H2,2H3,(H,9,10). The lowest BCUT2D eigenvalue weighted by atomic mass is 10.4. The highest BCUT2D eigenvalue weighted by Crippen LogP contribution is 2.13. The van der Waals surface area contributed by atoms with Crippen LogP contribution in [0.2, 0.25) is 0 Å². The van der Waals surface area contributed by atoms with Crippen LogP contribution in [0, 0.1) is 0 Å². The summed E-state index contributed by atoms with van der Waals surface area (Å²) in [5, 5.41) is 4.78. The lowest BCUT2D eigenvalue weighted by molar-refractivity contribution is 0.751. The van der Waals surface area contributed by atoms with Crippen LogP contribution in [0.15, 0.2) is 17.6 Å². The van der Waals surface area contributed by atoms with Gasteiger partial charge in [-0.3, -0.25) is 4.99 Å². The molecule has 0 saturated heterocycles. The van der Waals surface area contributed by atoms with Crippen LogP contribution in [0.4, 0.5) is 0 Å². The fraction of sp³-hybridized carbons (Fsp3) is 0.625. The Labute approximate surface area is 72.2 Å². The molecule has 1 unspecified atom stereocenters. The van der Waals surface area contributed by atoms with Crippen LogP contribution in [0.5, 0.6) is 0 Å². The third kappa shape index (κ3) is 2.97. The minimum Gasteiger partial charge on any atom is -0.365 e. The van der Waals surface area contributed by atoms with E-state index < -0.39 is 0 Å². The van der Waals surface area contributed by atoms with Gasteiger partial charge in [0.05, 0.1) is 0 Å². The zero-order valence-corrected chi connectivity index (χ0v) is 7.66. The number of hydrogen-bond acceptors (Lipinski definition) is 3. The van der Waals surface area contributed by atoms with Gasteiger partial charge in [-0.2, -0.15) is 0 Å². The van der Waals surface area contributed by atoms with Gasteiger partial charge in [-0.15, -0.1) is 6.58 Å². The molecule has 1 rings (SSSR count). The van der Waals surface area contributed by atoms with E-state index in [4.69, 9.17) is 0 Å². The number of hydrogen-bond donors (Lipinski definition) is 1. The Kier molecular flexibility index (Phi) is 3.49. The molecular formula is C8H14N2S. The number of nitrogens with zero attached hydrogens (tertiary/aromatic N) is 1. The van der Waals surface area contributed by atoms with Crippen molar-refractivity contribution in [2.45, 2.75) is 18.6 Å². The summed E-state index contributed by atoms with van der Waals surface area (Å²) in [7, 11) is 0. The van der Waals surface area contributed by atoms with Gasteiger partial charge < -0.3 is 5.32 Å². The molecule has 0 bridgehead atoms. The summed E-state index contributed by atoms with van der Waals surface area (Å²) in [5.41, 5.74) is 0. The molecule has 0 aromatic rings. The van der Waals surface area contributed by atoms with Crippen molar-refractivity contribution in [1.82, 2.24) is 5.32 Å². The van der Waals surface area contributed by atoms with Crippen molar-refractivity contribution in [3.8, 4) is 0 Å². The number of amidine groups is 1. The summed E-state index contributed by atoms with van der Waals surface area (Å²) in [6, 6.07) is 0. The van der Waals surface area contributed by atoms with Crippen molar-refractivity contribution in [3.63, 3.8) is 0 Å². The maximum Gasteiger partial charge on any atom is 0.157 e. The highest BCUT2D eigenvalue weighted by Gasteiger charge is 2.06. The second-order valence-electron chi connectivity index (χ2n) is 2.53. The smallest absolute Gasteiger partial charge is 0.157 e. The zero-order valence-electron chi connectivity index (χ0n) is 6.84. The topological polar surface area (TPSA) is 24.4 Å². The van der Waals surface area contributed by atoms with Gasteiger partial charge in [-0.25, -0.2) is 0 Å². The Morgan fingerprint density at radius 3 is 3.18 bits per heavy atom. The van der Waals surface area contributed by atoms with E-state index in [9.17, 15) is 0 Å². The molecule has 2 nitrogen and oxygen atoms in total. The van der Waals surface area contributed by atoms with Gasteiger partial charge in [0.25, 0.3) is 0 Å². The molecule has 1 aliphatic rings. The van der Waals surface area contributed by atoms with Gasteiger partial charge >= 0.3 is 0 Å². The van der Waals surface area contributed by atoms with Gasteiger partial charge in [0, 0.05) is 18.3 Å². The summed E-state index contributed by atoms with van der Waals surface area (Å²) in [6.07, 6.45) is 3.09. The van der Waals surface area contributed by atoms with Crippen LogP contribution >= 0.6 is 11.8 Å². The minimum atomic E-state index is 0.458. The van der Waals surface area contributed by atoms with E-state index in [2.05, 4.69) is 23.8 Å². The predicted octanol–water partition coefficient (Wildman–Crippen LogP) is 1.64. The van der Waals surface area contributed by atoms with Crippen LogP contribution in [0.25, 0.3) is 0 Å². The number of rotatable bonds is 2. The Morgan fingerprint density at radius 1 is 1.82 bits per heavy atom. The summed E-state index contributed by atoms with van der Waals surface area (Å²) in [4.78, 5) is 4.34. The normalized spacial score (nSPS) is 19.9. The predicted molar refractivity (Wildman–Crippen MR) is 52.2 cm³/mol. The third-order valence-electron chi connectivity index (χ3n) is 1.50. The molecule has 62 valence electrons. The molecule has 3 heteroatoms. The van der Waals surface area contributed by atoms with Crippen LogP contribution in [-0.4, -0.2) is 23.5 Å². The molecule has 0 fully saturated rings. The lowest BCUT2D eigenvalue weighted by Gasteiger charge is -2.15. The van der Waals surface area contributed by atoms with Crippen LogP contribution in [-0.2, 0) is 0 Å². The fourth-order valence-corrected chi connectivity index (χ4v) is 1.61. The first-order valence-corrected chi connectivity index (χ1v) is 4.78. The van der Waals surface area contributed by atoms with Crippen molar-refractivity contribution >= 4 is 16.9 Å². The molecule has 11 heavy (non-hydrogen) atoms. The molecule has 0 aromatic heterocycles. The van der Waals surface area contributed by atoms with E-state index in [1.807, 2.05) is 6.08 Å². The van der Waals surface area contributed by atoms with Crippen molar-refractivity contribution in [2.24, 2.45) is 4.99 Å². The Balaban J connectivity index is 2.34. The van der Waals surface area contributed by atoms with E-state index in [0.29, 0.717) is 5.25 Å². The number of thioether (sulfide) groups is 1. The molecule has 1 aliphatic heterocycles. The Bertz CT molecular complexity index is 165. The first kappa shape index (κ1) is 8.65. The monoisotopic (exact) mass is 170 g/mol. The second-order valence-corrected chi connectivity index (χ2v) is 3.89. The molecule has 0 saturated carbocycles. The Morgan fingerprint density at radius 2 is 2.64 bits per heavy atom. The van der Waals surface area contributed by atoms with Crippen LogP contribution < -0.4 is 5.32 Å². The van der Waals surface area contributed by atoms with Crippen molar-refractivity contribution in [3.05, 3.63) is 12.7 Å². The maximum absolute atomic E-state index is 4.34. The summed E-state index contributed by atoms with van der Waals surface area (Å²) >= 11 is 1.74. The number of nitrogens with one attached hydrogen (secondary N) is 1. The molecule has 0 aromatic carbocycles. The second kappa shape index (κ2) is 4.44. The first-order chi connectivity index (χ1) is 5.33. The quantitative estimate of drug-likeness (QED) is 0.637. The van der Waals surface area contributed by atoms with E-state index in [-0.39, 0.29) is 0 Å². The largest absolute Gasteiger partial charge is 0.365 e. The SMILES string of the molecule is C=CC(C)SC1=NCCCN1. The highest BCUT2D eigenvalue weighted by atomic mass is 32.2. The van der Waals surface area contributed by atoms with Crippen molar-refractivity contribution < 1.29 is 0 Å². The summed E-state index contributed by atoms with van der Waals surface area (Å²) in [6.45, 7) is 7.88.